The summed E-state index contributed by atoms with van der Waals surface area (Å²) in [7, 11) is 0. The van der Waals surface area contributed by atoms with Crippen molar-refractivity contribution in [3.05, 3.63) is 33.6 Å². The lowest BCUT2D eigenvalue weighted by atomic mass is 10.1. The molecule has 1 amide bonds. The smallest absolute Gasteiger partial charge is 0.341 e. The number of amides is 1. The number of nitrogens with one attached hydrogen (secondary N) is 1. The molecule has 2 aliphatic rings. The first-order valence-electron chi connectivity index (χ1n) is 10.0. The van der Waals surface area contributed by atoms with Crippen molar-refractivity contribution in [3.8, 4) is 0 Å². The van der Waals surface area contributed by atoms with Crippen molar-refractivity contribution in [2.75, 3.05) is 23.7 Å². The van der Waals surface area contributed by atoms with E-state index in [9.17, 15) is 19.5 Å². The number of halogens is 2. The Morgan fingerprint density at radius 1 is 1.26 bits per heavy atom. The highest BCUT2D eigenvalue weighted by Crippen LogP contribution is 2.42. The van der Waals surface area contributed by atoms with E-state index in [0.29, 0.717) is 19.3 Å². The van der Waals surface area contributed by atoms with Crippen LogP contribution in [-0.2, 0) is 4.79 Å². The zero-order valence-corrected chi connectivity index (χ0v) is 16.8. The van der Waals surface area contributed by atoms with E-state index in [1.165, 1.54) is 16.4 Å². The number of aromatic nitrogens is 1. The molecule has 11 heteroatoms. The van der Waals surface area contributed by atoms with Crippen molar-refractivity contribution in [1.29, 1.82) is 0 Å². The minimum Gasteiger partial charge on any atom is -0.477 e. The average molecular weight is 435 g/mol. The van der Waals surface area contributed by atoms with Crippen LogP contribution in [0.4, 0.5) is 20.2 Å². The van der Waals surface area contributed by atoms with E-state index >= 15 is 8.78 Å². The molecule has 1 aliphatic carbocycles. The maximum atomic E-state index is 15.7. The maximum Gasteiger partial charge on any atom is 0.341 e. The summed E-state index contributed by atoms with van der Waals surface area (Å²) in [5.41, 5.74) is 8.68. The molecular weight excluding hydrogens is 412 g/mol. The van der Waals surface area contributed by atoms with Gasteiger partial charge in [-0.05, 0) is 26.2 Å². The van der Waals surface area contributed by atoms with E-state index in [-0.39, 0.29) is 42.3 Å². The van der Waals surface area contributed by atoms with E-state index in [4.69, 9.17) is 11.5 Å². The summed E-state index contributed by atoms with van der Waals surface area (Å²) in [4.78, 5) is 37.5. The van der Waals surface area contributed by atoms with Gasteiger partial charge in [0.15, 0.2) is 11.6 Å². The number of carboxylic acids is 1. The van der Waals surface area contributed by atoms with Crippen LogP contribution in [0.25, 0.3) is 10.9 Å². The van der Waals surface area contributed by atoms with Gasteiger partial charge < -0.3 is 31.4 Å². The van der Waals surface area contributed by atoms with Gasteiger partial charge in [0.1, 0.15) is 11.3 Å². The molecule has 2 atom stereocenters. The molecule has 2 fully saturated rings. The van der Waals surface area contributed by atoms with Gasteiger partial charge in [-0.3, -0.25) is 9.59 Å². The molecule has 0 bridgehead atoms. The zero-order chi connectivity index (χ0) is 22.6. The Morgan fingerprint density at radius 2 is 1.94 bits per heavy atom. The Kier molecular flexibility index (Phi) is 5.08. The summed E-state index contributed by atoms with van der Waals surface area (Å²) in [5.74, 6) is -3.94. The first-order chi connectivity index (χ1) is 14.6. The van der Waals surface area contributed by atoms with E-state index in [1.54, 1.807) is 0 Å². The Morgan fingerprint density at radius 3 is 2.52 bits per heavy atom. The number of carbonyl (C=O) groups is 2. The predicted molar refractivity (Wildman–Crippen MR) is 110 cm³/mol. The molecule has 1 saturated carbocycles. The SMILES string of the molecule is C[C@@H](N)C(=O)N[C@H]1CCN(c2c(F)c(N)c3c(=O)c(C(=O)O)cn(C4CC4)c3c2F)C1. The Labute approximate surface area is 175 Å². The number of carboxylic acid groups (broad SMARTS) is 1. The highest BCUT2D eigenvalue weighted by Gasteiger charge is 2.35. The molecule has 2 aromatic rings. The van der Waals surface area contributed by atoms with E-state index in [1.807, 2.05) is 0 Å². The van der Waals surface area contributed by atoms with Gasteiger partial charge >= 0.3 is 5.97 Å². The number of aromatic carboxylic acids is 1. The summed E-state index contributed by atoms with van der Waals surface area (Å²) in [6.45, 7) is 1.93. The Bertz CT molecular complexity index is 1160. The van der Waals surface area contributed by atoms with Crippen molar-refractivity contribution >= 4 is 34.2 Å². The number of rotatable bonds is 5. The Hall–Kier alpha value is -3.21. The van der Waals surface area contributed by atoms with E-state index in [0.717, 1.165) is 6.20 Å². The molecule has 9 nitrogen and oxygen atoms in total. The van der Waals surface area contributed by atoms with Crippen LogP contribution < -0.4 is 27.1 Å². The molecule has 166 valence electrons. The molecule has 1 aliphatic heterocycles. The largest absolute Gasteiger partial charge is 0.477 e. The van der Waals surface area contributed by atoms with Gasteiger partial charge in [0.2, 0.25) is 11.3 Å². The van der Waals surface area contributed by atoms with Gasteiger partial charge in [0.05, 0.1) is 22.6 Å². The highest BCUT2D eigenvalue weighted by molar-refractivity contribution is 5.99. The number of fused-ring (bicyclic) bond motifs is 1. The summed E-state index contributed by atoms with van der Waals surface area (Å²) < 4.78 is 32.3. The molecular formula is C20H23F2N5O4. The number of hydrogen-bond donors (Lipinski definition) is 4. The van der Waals surface area contributed by atoms with Crippen molar-refractivity contribution in [2.24, 2.45) is 5.73 Å². The lowest BCUT2D eigenvalue weighted by Gasteiger charge is -2.24. The first-order valence-corrected chi connectivity index (χ1v) is 10.0. The van der Waals surface area contributed by atoms with Crippen LogP contribution in [0.1, 0.15) is 42.6 Å². The van der Waals surface area contributed by atoms with Gasteiger partial charge in [-0.1, -0.05) is 0 Å². The van der Waals surface area contributed by atoms with Crippen LogP contribution in [0.2, 0.25) is 0 Å². The third-order valence-electron chi connectivity index (χ3n) is 5.80. The highest BCUT2D eigenvalue weighted by atomic mass is 19.1. The summed E-state index contributed by atoms with van der Waals surface area (Å²) in [5, 5.41) is 11.6. The summed E-state index contributed by atoms with van der Waals surface area (Å²) in [6, 6.07) is -1.26. The standard InChI is InChI=1S/C20H23F2N5O4/c1-8(23)19(29)25-9-4-5-26(6-9)17-13(21)15(24)12-16(14(17)22)27(10-2-3-10)7-11(18(12)28)20(30)31/h7-10H,2-6,23-24H2,1H3,(H,25,29)(H,30,31)/t8-,9+/m1/s1. The van der Waals surface area contributed by atoms with Crippen molar-refractivity contribution in [2.45, 2.75) is 44.3 Å². The second-order valence-corrected chi connectivity index (χ2v) is 8.16. The molecule has 1 saturated heterocycles. The van der Waals surface area contributed by atoms with Crippen molar-refractivity contribution < 1.29 is 23.5 Å². The fraction of sp³-hybridized carbons (Fsp3) is 0.450. The van der Waals surface area contributed by atoms with Crippen LogP contribution in [0, 0.1) is 11.6 Å². The van der Waals surface area contributed by atoms with E-state index < -0.39 is 45.7 Å². The fourth-order valence-electron chi connectivity index (χ4n) is 4.04. The minimum atomic E-state index is -1.49. The number of benzene rings is 1. The van der Waals surface area contributed by atoms with Crippen molar-refractivity contribution in [3.63, 3.8) is 0 Å². The lowest BCUT2D eigenvalue weighted by molar-refractivity contribution is -0.122. The predicted octanol–water partition coefficient (Wildman–Crippen LogP) is 0.937. The molecule has 0 unspecified atom stereocenters. The normalized spacial score (nSPS) is 19.6. The monoisotopic (exact) mass is 435 g/mol. The van der Waals surface area contributed by atoms with Crippen LogP contribution >= 0.6 is 0 Å². The van der Waals surface area contributed by atoms with Crippen LogP contribution in [0.5, 0.6) is 0 Å². The number of nitrogens with zero attached hydrogens (tertiary/aromatic N) is 2. The zero-order valence-electron chi connectivity index (χ0n) is 16.8. The molecule has 0 spiro atoms. The molecule has 0 radical (unpaired) electrons. The average Bonchev–Trinajstić information content (AvgIpc) is 3.45. The number of anilines is 2. The molecule has 2 heterocycles. The second kappa shape index (κ2) is 7.49. The number of nitrogens with two attached hydrogens (primary N) is 2. The first kappa shape index (κ1) is 21.0. The van der Waals surface area contributed by atoms with Gasteiger partial charge in [-0.2, -0.15) is 0 Å². The maximum absolute atomic E-state index is 15.7. The van der Waals surface area contributed by atoms with Crippen LogP contribution in [0.3, 0.4) is 0 Å². The molecule has 4 rings (SSSR count). The van der Waals surface area contributed by atoms with Crippen LogP contribution in [-0.4, -0.2) is 46.7 Å². The molecule has 31 heavy (non-hydrogen) atoms. The van der Waals surface area contributed by atoms with Crippen LogP contribution in [0.15, 0.2) is 11.0 Å². The van der Waals surface area contributed by atoms with Gasteiger partial charge in [0, 0.05) is 31.4 Å². The van der Waals surface area contributed by atoms with E-state index in [2.05, 4.69) is 5.32 Å². The minimum absolute atomic E-state index is 0.137. The van der Waals surface area contributed by atoms with Gasteiger partial charge in [-0.15, -0.1) is 0 Å². The number of carbonyl (C=O) groups excluding carboxylic acids is 1. The number of hydrogen-bond acceptors (Lipinski definition) is 6. The van der Waals surface area contributed by atoms with Gasteiger partial charge in [-0.25, -0.2) is 13.6 Å². The lowest BCUT2D eigenvalue weighted by Crippen LogP contribution is -2.45. The second-order valence-electron chi connectivity index (χ2n) is 8.16. The number of pyridine rings is 1. The number of nitrogen functional groups attached to an aromatic ring is 1. The summed E-state index contributed by atoms with van der Waals surface area (Å²) >= 11 is 0. The fourth-order valence-corrected chi connectivity index (χ4v) is 4.04. The van der Waals surface area contributed by atoms with Crippen molar-refractivity contribution in [1.82, 2.24) is 9.88 Å². The molecule has 1 aromatic heterocycles. The molecule has 1 aromatic carbocycles. The molecule has 6 N–H and O–H groups in total. The third kappa shape index (κ3) is 3.48. The quantitative estimate of drug-likeness (QED) is 0.512. The third-order valence-corrected chi connectivity index (χ3v) is 5.80. The van der Waals surface area contributed by atoms with Gasteiger partial charge in [0.25, 0.3) is 0 Å². The summed E-state index contributed by atoms with van der Waals surface area (Å²) in [6.07, 6.45) is 2.91. The Balaban J connectivity index is 1.84. The topological polar surface area (TPSA) is 144 Å².